The number of esters is 1. The predicted octanol–water partition coefficient (Wildman–Crippen LogP) is 1.62. The third-order valence-corrected chi connectivity index (χ3v) is 3.83. The lowest BCUT2D eigenvalue weighted by Gasteiger charge is -2.24. The van der Waals surface area contributed by atoms with Crippen LogP contribution in [-0.4, -0.2) is 25.7 Å². The molecule has 0 saturated heterocycles. The predicted molar refractivity (Wildman–Crippen MR) is 69.2 cm³/mol. The number of halogens is 1. The fraction of sp³-hybridized carbons (Fsp3) is 0.462. The van der Waals surface area contributed by atoms with E-state index in [0.29, 0.717) is 6.54 Å². The number of hydrogen-bond donors (Lipinski definition) is 1. The molecule has 1 aromatic rings. The molecule has 2 aliphatic rings. The first-order valence-electron chi connectivity index (χ1n) is 5.71. The van der Waals surface area contributed by atoms with Crippen molar-refractivity contribution in [3.8, 4) is 5.75 Å². The number of hydrogen-bond acceptors (Lipinski definition) is 4. The van der Waals surface area contributed by atoms with E-state index < -0.39 is 5.54 Å². The van der Waals surface area contributed by atoms with Crippen LogP contribution in [0.3, 0.4) is 0 Å². The first kappa shape index (κ1) is 13.2. The molecule has 1 fully saturated rings. The summed E-state index contributed by atoms with van der Waals surface area (Å²) in [6, 6.07) is 6.04. The summed E-state index contributed by atoms with van der Waals surface area (Å²) in [5.74, 6) is 0.963. The number of fused-ring (bicyclic) bond motifs is 3. The Morgan fingerprint density at radius 3 is 2.89 bits per heavy atom. The lowest BCUT2D eigenvalue weighted by molar-refractivity contribution is -0.144. The van der Waals surface area contributed by atoms with Crippen LogP contribution in [0.4, 0.5) is 0 Å². The Morgan fingerprint density at radius 1 is 1.44 bits per heavy atom. The average Bonchev–Trinajstić information content (AvgIpc) is 3.13. The summed E-state index contributed by atoms with van der Waals surface area (Å²) in [5.41, 5.74) is 2.00. The molecule has 2 unspecified atom stereocenters. The highest BCUT2D eigenvalue weighted by Crippen LogP contribution is 2.55. The second kappa shape index (κ2) is 4.44. The van der Waals surface area contributed by atoms with Gasteiger partial charge in [0.25, 0.3) is 0 Å². The lowest BCUT2D eigenvalue weighted by Crippen LogP contribution is -2.43. The van der Waals surface area contributed by atoms with E-state index in [1.54, 1.807) is 7.11 Å². The van der Waals surface area contributed by atoms with Gasteiger partial charge in [-0.05, 0) is 29.7 Å². The van der Waals surface area contributed by atoms with Gasteiger partial charge in [0, 0.05) is 12.5 Å². The van der Waals surface area contributed by atoms with E-state index in [4.69, 9.17) is 9.47 Å². The molecule has 18 heavy (non-hydrogen) atoms. The van der Waals surface area contributed by atoms with Crippen LogP contribution in [0.5, 0.6) is 5.75 Å². The maximum atomic E-state index is 11.8. The number of benzene rings is 1. The standard InChI is InChI=1S/C13H15NO3.ClH/c1-16-9-3-4-10-8(5-9)7-14-13(6-11(10)13)12(15)17-2;/h3-5,11,14H,6-7H2,1-2H3;1H. The summed E-state index contributed by atoms with van der Waals surface area (Å²) in [5, 5.41) is 3.30. The Hall–Kier alpha value is -1.26. The van der Waals surface area contributed by atoms with Crippen molar-refractivity contribution >= 4 is 18.4 Å². The maximum Gasteiger partial charge on any atom is 0.326 e. The summed E-state index contributed by atoms with van der Waals surface area (Å²) >= 11 is 0. The minimum Gasteiger partial charge on any atom is -0.497 e. The summed E-state index contributed by atoms with van der Waals surface area (Å²) in [6.45, 7) is 0.693. The van der Waals surface area contributed by atoms with Crippen LogP contribution in [-0.2, 0) is 16.1 Å². The summed E-state index contributed by atoms with van der Waals surface area (Å²) < 4.78 is 10.1. The van der Waals surface area contributed by atoms with E-state index in [1.165, 1.54) is 18.2 Å². The topological polar surface area (TPSA) is 47.6 Å². The van der Waals surface area contributed by atoms with Gasteiger partial charge < -0.3 is 9.47 Å². The van der Waals surface area contributed by atoms with Gasteiger partial charge in [-0.15, -0.1) is 12.4 Å². The molecular weight excluding hydrogens is 254 g/mol. The zero-order valence-corrected chi connectivity index (χ0v) is 11.2. The van der Waals surface area contributed by atoms with Gasteiger partial charge in [0.15, 0.2) is 0 Å². The van der Waals surface area contributed by atoms with Crippen LogP contribution >= 0.6 is 12.4 Å². The maximum absolute atomic E-state index is 11.8. The second-order valence-electron chi connectivity index (χ2n) is 4.64. The van der Waals surface area contributed by atoms with Crippen LogP contribution in [0.1, 0.15) is 23.5 Å². The van der Waals surface area contributed by atoms with Crippen LogP contribution in [0, 0.1) is 0 Å². The molecule has 98 valence electrons. The summed E-state index contributed by atoms with van der Waals surface area (Å²) in [7, 11) is 3.10. The van der Waals surface area contributed by atoms with E-state index >= 15 is 0 Å². The molecule has 2 atom stereocenters. The molecule has 0 amide bonds. The van der Waals surface area contributed by atoms with Crippen molar-refractivity contribution in [1.29, 1.82) is 0 Å². The van der Waals surface area contributed by atoms with Crippen molar-refractivity contribution in [1.82, 2.24) is 5.32 Å². The van der Waals surface area contributed by atoms with Gasteiger partial charge in [0.05, 0.1) is 14.2 Å². The normalized spacial score (nSPS) is 27.3. The minimum absolute atomic E-state index is 0. The van der Waals surface area contributed by atoms with Crippen molar-refractivity contribution in [2.24, 2.45) is 0 Å². The molecule has 0 spiro atoms. The Bertz CT molecular complexity index is 491. The third kappa shape index (κ3) is 1.68. The number of rotatable bonds is 2. The Morgan fingerprint density at radius 2 is 2.22 bits per heavy atom. The van der Waals surface area contributed by atoms with Crippen molar-refractivity contribution in [2.75, 3.05) is 14.2 Å². The Kier molecular flexibility index (Phi) is 3.25. The van der Waals surface area contributed by atoms with Crippen LogP contribution in [0.15, 0.2) is 18.2 Å². The minimum atomic E-state index is -0.462. The lowest BCUT2D eigenvalue weighted by atomic mass is 9.95. The van der Waals surface area contributed by atoms with E-state index in [-0.39, 0.29) is 24.3 Å². The zero-order chi connectivity index (χ0) is 12.0. The molecule has 0 bridgehead atoms. The molecule has 1 aliphatic carbocycles. The van der Waals surface area contributed by atoms with Gasteiger partial charge in [-0.25, -0.2) is 0 Å². The van der Waals surface area contributed by atoms with Crippen molar-refractivity contribution in [3.63, 3.8) is 0 Å². The Balaban J connectivity index is 0.00000120. The number of ether oxygens (including phenoxy) is 2. The Labute approximate surface area is 112 Å². The van der Waals surface area contributed by atoms with E-state index in [1.807, 2.05) is 12.1 Å². The number of methoxy groups -OCH3 is 2. The number of carbonyl (C=O) groups excluding carboxylic acids is 1. The smallest absolute Gasteiger partial charge is 0.326 e. The number of carbonyl (C=O) groups is 1. The summed E-state index contributed by atoms with van der Waals surface area (Å²) in [4.78, 5) is 11.8. The second-order valence-corrected chi connectivity index (χ2v) is 4.64. The van der Waals surface area contributed by atoms with Gasteiger partial charge in [-0.1, -0.05) is 6.07 Å². The highest BCUT2D eigenvalue weighted by molar-refractivity contribution is 5.87. The van der Waals surface area contributed by atoms with Gasteiger partial charge >= 0.3 is 5.97 Å². The molecule has 0 aromatic heterocycles. The molecule has 1 aliphatic heterocycles. The highest BCUT2D eigenvalue weighted by Gasteiger charge is 2.63. The molecule has 1 aromatic carbocycles. The van der Waals surface area contributed by atoms with E-state index in [0.717, 1.165) is 12.2 Å². The van der Waals surface area contributed by atoms with Crippen molar-refractivity contribution in [2.45, 2.75) is 24.4 Å². The van der Waals surface area contributed by atoms with Crippen LogP contribution in [0.2, 0.25) is 0 Å². The van der Waals surface area contributed by atoms with Gasteiger partial charge in [-0.2, -0.15) is 0 Å². The van der Waals surface area contributed by atoms with E-state index in [2.05, 4.69) is 11.4 Å². The third-order valence-electron chi connectivity index (χ3n) is 3.83. The van der Waals surface area contributed by atoms with Crippen molar-refractivity contribution < 1.29 is 14.3 Å². The molecule has 1 heterocycles. The largest absolute Gasteiger partial charge is 0.497 e. The molecule has 4 nitrogen and oxygen atoms in total. The molecule has 0 radical (unpaired) electrons. The fourth-order valence-electron chi connectivity index (χ4n) is 2.77. The molecule has 1 saturated carbocycles. The molecule has 3 rings (SSSR count). The van der Waals surface area contributed by atoms with Gasteiger partial charge in [0.2, 0.25) is 0 Å². The summed E-state index contributed by atoms with van der Waals surface area (Å²) in [6.07, 6.45) is 0.832. The SMILES string of the molecule is COC(=O)C12CC1c1ccc(OC)cc1CN2.Cl. The van der Waals surface area contributed by atoms with Crippen molar-refractivity contribution in [3.05, 3.63) is 29.3 Å². The highest BCUT2D eigenvalue weighted by atomic mass is 35.5. The monoisotopic (exact) mass is 269 g/mol. The van der Waals surface area contributed by atoms with Crippen LogP contribution < -0.4 is 10.1 Å². The molecular formula is C13H16ClNO3. The quantitative estimate of drug-likeness (QED) is 0.829. The number of nitrogens with one attached hydrogen (secondary N) is 1. The average molecular weight is 270 g/mol. The van der Waals surface area contributed by atoms with E-state index in [9.17, 15) is 4.79 Å². The first-order chi connectivity index (χ1) is 8.21. The van der Waals surface area contributed by atoms with Gasteiger partial charge in [0.1, 0.15) is 11.3 Å². The molecule has 1 N–H and O–H groups in total. The first-order valence-corrected chi connectivity index (χ1v) is 5.71. The molecule has 5 heteroatoms. The fourth-order valence-corrected chi connectivity index (χ4v) is 2.77. The van der Waals surface area contributed by atoms with Crippen LogP contribution in [0.25, 0.3) is 0 Å². The van der Waals surface area contributed by atoms with Gasteiger partial charge in [-0.3, -0.25) is 10.1 Å². The zero-order valence-electron chi connectivity index (χ0n) is 10.4.